The minimum absolute atomic E-state index is 0.00380. The third-order valence-electron chi connectivity index (χ3n) is 5.52. The molecule has 0 aromatic heterocycles. The van der Waals surface area contributed by atoms with E-state index in [1.165, 1.54) is 4.31 Å². The van der Waals surface area contributed by atoms with Gasteiger partial charge in [0, 0.05) is 38.9 Å². The Bertz CT molecular complexity index is 1140. The fourth-order valence-corrected chi connectivity index (χ4v) is 5.19. The summed E-state index contributed by atoms with van der Waals surface area (Å²) in [7, 11) is -1.70. The zero-order valence-electron chi connectivity index (χ0n) is 16.9. The van der Waals surface area contributed by atoms with Crippen molar-refractivity contribution in [2.45, 2.75) is 4.90 Å². The van der Waals surface area contributed by atoms with Gasteiger partial charge in [0.15, 0.2) is 0 Å². The van der Waals surface area contributed by atoms with Crippen LogP contribution in [0.3, 0.4) is 0 Å². The predicted octanol–water partition coefficient (Wildman–Crippen LogP) is 2.81. The molecule has 1 aliphatic heterocycles. The van der Waals surface area contributed by atoms with Gasteiger partial charge in [-0.2, -0.15) is 4.31 Å². The Hall–Kier alpha value is -2.90. The van der Waals surface area contributed by atoms with Gasteiger partial charge in [-0.05, 0) is 35.0 Å². The van der Waals surface area contributed by atoms with Gasteiger partial charge >= 0.3 is 0 Å². The van der Waals surface area contributed by atoms with Crippen LogP contribution in [-0.4, -0.2) is 63.3 Å². The van der Waals surface area contributed by atoms with Crippen LogP contribution >= 0.6 is 0 Å². The van der Waals surface area contributed by atoms with Crippen LogP contribution in [0.15, 0.2) is 77.7 Å². The molecule has 1 fully saturated rings. The molecule has 0 radical (unpaired) electrons. The number of rotatable bonds is 5. The van der Waals surface area contributed by atoms with Crippen molar-refractivity contribution in [3.8, 4) is 0 Å². The third kappa shape index (κ3) is 4.17. The highest BCUT2D eigenvalue weighted by atomic mass is 32.2. The Kier molecular flexibility index (Phi) is 5.74. The standard InChI is InChI=1S/C23H25N3O3S/c1-24(21-9-3-2-4-10-21)18-23(27)25-13-15-26(16-14-25)30(28,29)22-12-11-19-7-5-6-8-20(19)17-22/h2-12,17H,13-16,18H2,1H3. The summed E-state index contributed by atoms with van der Waals surface area (Å²) >= 11 is 0. The van der Waals surface area contributed by atoms with Gasteiger partial charge in [0.1, 0.15) is 0 Å². The predicted molar refractivity (Wildman–Crippen MR) is 119 cm³/mol. The normalized spacial score (nSPS) is 15.3. The van der Waals surface area contributed by atoms with Crippen molar-refractivity contribution < 1.29 is 13.2 Å². The van der Waals surface area contributed by atoms with Crippen LogP contribution in [0.4, 0.5) is 5.69 Å². The Morgan fingerprint density at radius 3 is 2.20 bits per heavy atom. The van der Waals surface area contributed by atoms with E-state index in [-0.39, 0.29) is 12.5 Å². The van der Waals surface area contributed by atoms with E-state index in [1.54, 1.807) is 17.0 Å². The molecule has 156 valence electrons. The van der Waals surface area contributed by atoms with E-state index in [2.05, 4.69) is 0 Å². The summed E-state index contributed by atoms with van der Waals surface area (Å²) < 4.78 is 27.6. The van der Waals surface area contributed by atoms with Crippen molar-refractivity contribution in [2.24, 2.45) is 0 Å². The van der Waals surface area contributed by atoms with Crippen molar-refractivity contribution in [3.05, 3.63) is 72.8 Å². The van der Waals surface area contributed by atoms with Crippen LogP contribution in [0.5, 0.6) is 0 Å². The second-order valence-electron chi connectivity index (χ2n) is 7.49. The fourth-order valence-electron chi connectivity index (χ4n) is 3.73. The highest BCUT2D eigenvalue weighted by Crippen LogP contribution is 2.23. The minimum Gasteiger partial charge on any atom is -0.365 e. The monoisotopic (exact) mass is 423 g/mol. The minimum atomic E-state index is -3.58. The van der Waals surface area contributed by atoms with Crippen molar-refractivity contribution in [1.82, 2.24) is 9.21 Å². The average Bonchev–Trinajstić information content (AvgIpc) is 2.79. The molecule has 30 heavy (non-hydrogen) atoms. The van der Waals surface area contributed by atoms with E-state index in [4.69, 9.17) is 0 Å². The molecular weight excluding hydrogens is 398 g/mol. The van der Waals surface area contributed by atoms with Crippen molar-refractivity contribution in [1.29, 1.82) is 0 Å². The number of likely N-dealkylation sites (N-methyl/N-ethyl adjacent to an activating group) is 1. The van der Waals surface area contributed by atoms with Crippen molar-refractivity contribution in [2.75, 3.05) is 44.7 Å². The zero-order chi connectivity index (χ0) is 21.1. The molecule has 1 amide bonds. The molecule has 0 unspecified atom stereocenters. The van der Waals surface area contributed by atoms with E-state index >= 15 is 0 Å². The number of carbonyl (C=O) groups is 1. The molecular formula is C23H25N3O3S. The number of piperazine rings is 1. The highest BCUT2D eigenvalue weighted by molar-refractivity contribution is 7.89. The highest BCUT2D eigenvalue weighted by Gasteiger charge is 2.30. The molecule has 4 rings (SSSR count). The van der Waals surface area contributed by atoms with Gasteiger partial charge in [-0.25, -0.2) is 8.42 Å². The van der Waals surface area contributed by atoms with Crippen LogP contribution < -0.4 is 4.90 Å². The van der Waals surface area contributed by atoms with Crippen LogP contribution in [0, 0.1) is 0 Å². The number of carbonyl (C=O) groups excluding carboxylic acids is 1. The quantitative estimate of drug-likeness (QED) is 0.633. The molecule has 0 spiro atoms. The molecule has 0 atom stereocenters. The van der Waals surface area contributed by atoms with Gasteiger partial charge in [0.25, 0.3) is 0 Å². The van der Waals surface area contributed by atoms with Crippen molar-refractivity contribution in [3.63, 3.8) is 0 Å². The number of para-hydroxylation sites is 1. The Morgan fingerprint density at radius 2 is 1.50 bits per heavy atom. The number of hydrogen-bond acceptors (Lipinski definition) is 4. The van der Waals surface area contributed by atoms with Gasteiger partial charge < -0.3 is 9.80 Å². The number of hydrogen-bond donors (Lipinski definition) is 0. The second kappa shape index (κ2) is 8.45. The lowest BCUT2D eigenvalue weighted by Gasteiger charge is -2.35. The summed E-state index contributed by atoms with van der Waals surface area (Å²) in [6.07, 6.45) is 0. The first-order valence-electron chi connectivity index (χ1n) is 9.98. The number of benzene rings is 3. The average molecular weight is 424 g/mol. The van der Waals surface area contributed by atoms with Gasteiger partial charge in [-0.3, -0.25) is 4.79 Å². The summed E-state index contributed by atoms with van der Waals surface area (Å²) in [5, 5.41) is 1.91. The summed E-state index contributed by atoms with van der Waals surface area (Å²) in [5.74, 6) is 0.00380. The topological polar surface area (TPSA) is 60.9 Å². The fraction of sp³-hybridized carbons (Fsp3) is 0.261. The second-order valence-corrected chi connectivity index (χ2v) is 9.42. The maximum Gasteiger partial charge on any atom is 0.243 e. The van der Waals surface area contributed by atoms with E-state index < -0.39 is 10.0 Å². The Balaban J connectivity index is 1.40. The van der Waals surface area contributed by atoms with Crippen LogP contribution in [0.25, 0.3) is 10.8 Å². The lowest BCUT2D eigenvalue weighted by Crippen LogP contribution is -2.52. The van der Waals surface area contributed by atoms with Gasteiger partial charge in [-0.1, -0.05) is 48.5 Å². The molecule has 1 saturated heterocycles. The number of anilines is 1. The number of nitrogens with zero attached hydrogens (tertiary/aromatic N) is 3. The number of amides is 1. The van der Waals surface area contributed by atoms with E-state index in [1.807, 2.05) is 72.6 Å². The molecule has 1 aliphatic rings. The lowest BCUT2D eigenvalue weighted by atomic mass is 10.1. The molecule has 6 nitrogen and oxygen atoms in total. The maximum absolute atomic E-state index is 13.1. The first-order valence-corrected chi connectivity index (χ1v) is 11.4. The molecule has 0 saturated carbocycles. The molecule has 3 aromatic rings. The zero-order valence-corrected chi connectivity index (χ0v) is 17.8. The molecule has 0 aliphatic carbocycles. The molecule has 7 heteroatoms. The number of sulfonamides is 1. The van der Waals surface area contributed by atoms with Gasteiger partial charge in [-0.15, -0.1) is 0 Å². The molecule has 0 N–H and O–H groups in total. The third-order valence-corrected chi connectivity index (χ3v) is 7.41. The van der Waals surface area contributed by atoms with E-state index in [0.717, 1.165) is 16.5 Å². The largest absolute Gasteiger partial charge is 0.365 e. The van der Waals surface area contributed by atoms with E-state index in [9.17, 15) is 13.2 Å². The van der Waals surface area contributed by atoms with Crippen LogP contribution in [0.2, 0.25) is 0 Å². The first-order chi connectivity index (χ1) is 14.4. The van der Waals surface area contributed by atoms with Gasteiger partial charge in [0.2, 0.25) is 15.9 Å². The summed E-state index contributed by atoms with van der Waals surface area (Å²) in [4.78, 5) is 16.6. The van der Waals surface area contributed by atoms with Crippen LogP contribution in [0.1, 0.15) is 0 Å². The lowest BCUT2D eigenvalue weighted by molar-refractivity contribution is -0.130. The first kappa shape index (κ1) is 20.4. The summed E-state index contributed by atoms with van der Waals surface area (Å²) in [6.45, 7) is 1.66. The molecule has 1 heterocycles. The maximum atomic E-state index is 13.1. The molecule has 0 bridgehead atoms. The summed E-state index contributed by atoms with van der Waals surface area (Å²) in [6, 6.07) is 22.6. The van der Waals surface area contributed by atoms with Crippen molar-refractivity contribution >= 4 is 32.4 Å². The Labute approximate surface area is 177 Å². The SMILES string of the molecule is CN(CC(=O)N1CCN(S(=O)(=O)c2ccc3ccccc3c2)CC1)c1ccccc1. The molecule has 3 aromatic carbocycles. The summed E-state index contributed by atoms with van der Waals surface area (Å²) in [5.41, 5.74) is 0.975. The smallest absolute Gasteiger partial charge is 0.243 e. The number of fused-ring (bicyclic) bond motifs is 1. The van der Waals surface area contributed by atoms with E-state index in [0.29, 0.717) is 31.1 Å². The van der Waals surface area contributed by atoms with Gasteiger partial charge in [0.05, 0.1) is 11.4 Å². The Morgan fingerprint density at radius 1 is 0.867 bits per heavy atom. The van der Waals surface area contributed by atoms with Crippen LogP contribution in [-0.2, 0) is 14.8 Å².